The summed E-state index contributed by atoms with van der Waals surface area (Å²) < 4.78 is 17.5. The van der Waals surface area contributed by atoms with Gasteiger partial charge in [-0.15, -0.1) is 5.10 Å². The van der Waals surface area contributed by atoms with Crippen molar-refractivity contribution >= 4 is 23.4 Å². The van der Waals surface area contributed by atoms with E-state index in [1.54, 1.807) is 55.6 Å². The van der Waals surface area contributed by atoms with E-state index in [1.165, 1.54) is 18.9 Å². The molecule has 0 fully saturated rings. The normalized spacial score (nSPS) is 10.6. The maximum Gasteiger partial charge on any atom is 0.278 e. The van der Waals surface area contributed by atoms with E-state index in [-0.39, 0.29) is 5.69 Å². The molecule has 174 valence electrons. The van der Waals surface area contributed by atoms with Crippen LogP contribution in [-0.2, 0) is 5.75 Å². The van der Waals surface area contributed by atoms with E-state index in [1.807, 2.05) is 24.3 Å². The third-order valence-corrected chi connectivity index (χ3v) is 5.72. The second-order valence-corrected chi connectivity index (χ2v) is 7.78. The monoisotopic (exact) mass is 478 g/mol. The highest BCUT2D eigenvalue weighted by Crippen LogP contribution is 2.30. The molecule has 0 bridgehead atoms. The molecule has 0 radical (unpaired) electrons. The Morgan fingerprint density at radius 1 is 0.971 bits per heavy atom. The van der Waals surface area contributed by atoms with Crippen LogP contribution in [0.1, 0.15) is 16.2 Å². The Morgan fingerprint density at radius 2 is 1.68 bits per heavy atom. The van der Waals surface area contributed by atoms with Crippen molar-refractivity contribution in [1.82, 2.24) is 25.0 Å². The van der Waals surface area contributed by atoms with E-state index in [9.17, 15) is 4.79 Å². The summed E-state index contributed by atoms with van der Waals surface area (Å²) >= 11 is 1.37. The van der Waals surface area contributed by atoms with Gasteiger partial charge in [-0.25, -0.2) is 14.6 Å². The molecule has 10 nitrogen and oxygen atoms in total. The van der Waals surface area contributed by atoms with Gasteiger partial charge in [-0.3, -0.25) is 4.79 Å². The average molecular weight is 479 g/mol. The van der Waals surface area contributed by atoms with E-state index in [0.717, 1.165) is 5.69 Å². The highest BCUT2D eigenvalue weighted by molar-refractivity contribution is 7.98. The Kier molecular flexibility index (Phi) is 7.23. The molecule has 11 heteroatoms. The molecule has 34 heavy (non-hydrogen) atoms. The van der Waals surface area contributed by atoms with Gasteiger partial charge in [-0.05, 0) is 42.5 Å². The van der Waals surface area contributed by atoms with E-state index < -0.39 is 5.91 Å². The predicted octanol–water partition coefficient (Wildman–Crippen LogP) is 3.63. The van der Waals surface area contributed by atoms with Crippen molar-refractivity contribution in [3.05, 3.63) is 72.3 Å². The molecule has 2 aromatic carbocycles. The SMILES string of the molecule is COc1ccc(-n2nnc(C(=O)Nc3cc(OC)ccc3OC)c2CSc2ncccn2)cc1. The first kappa shape index (κ1) is 23.1. The number of nitrogens with zero attached hydrogens (tertiary/aromatic N) is 5. The van der Waals surface area contributed by atoms with Gasteiger partial charge in [0, 0.05) is 24.2 Å². The molecule has 0 saturated carbocycles. The van der Waals surface area contributed by atoms with E-state index in [4.69, 9.17) is 14.2 Å². The summed E-state index contributed by atoms with van der Waals surface area (Å²) in [6.07, 6.45) is 3.33. The van der Waals surface area contributed by atoms with Crippen molar-refractivity contribution in [3.8, 4) is 22.9 Å². The number of rotatable bonds is 9. The molecule has 0 atom stereocenters. The largest absolute Gasteiger partial charge is 0.497 e. The van der Waals surface area contributed by atoms with Gasteiger partial charge in [0.2, 0.25) is 0 Å². The van der Waals surface area contributed by atoms with E-state index in [2.05, 4.69) is 25.6 Å². The second-order valence-electron chi connectivity index (χ2n) is 6.83. The number of thioether (sulfide) groups is 1. The average Bonchev–Trinajstić information content (AvgIpc) is 3.32. The van der Waals surface area contributed by atoms with Crippen LogP contribution in [0, 0.1) is 0 Å². The van der Waals surface area contributed by atoms with Crippen LogP contribution in [0.15, 0.2) is 66.1 Å². The molecule has 1 N–H and O–H groups in total. The summed E-state index contributed by atoms with van der Waals surface area (Å²) in [4.78, 5) is 21.8. The number of aromatic nitrogens is 5. The van der Waals surface area contributed by atoms with Crippen molar-refractivity contribution in [2.24, 2.45) is 0 Å². The van der Waals surface area contributed by atoms with Crippen LogP contribution in [0.4, 0.5) is 5.69 Å². The van der Waals surface area contributed by atoms with Crippen LogP contribution in [0.25, 0.3) is 5.69 Å². The number of methoxy groups -OCH3 is 3. The second kappa shape index (κ2) is 10.7. The molecule has 4 rings (SSSR count). The quantitative estimate of drug-likeness (QED) is 0.285. The third-order valence-electron chi connectivity index (χ3n) is 4.83. The van der Waals surface area contributed by atoms with Crippen LogP contribution in [0.2, 0.25) is 0 Å². The Bertz CT molecular complexity index is 1260. The van der Waals surface area contributed by atoms with Crippen LogP contribution in [0.5, 0.6) is 17.2 Å². The zero-order valence-electron chi connectivity index (χ0n) is 18.8. The minimum atomic E-state index is -0.434. The van der Waals surface area contributed by atoms with Crippen molar-refractivity contribution in [1.29, 1.82) is 0 Å². The topological polar surface area (TPSA) is 113 Å². The Labute approximate surface area is 200 Å². The number of hydrogen-bond acceptors (Lipinski definition) is 9. The van der Waals surface area contributed by atoms with Gasteiger partial charge in [0.25, 0.3) is 5.91 Å². The molecule has 2 aromatic heterocycles. The zero-order valence-corrected chi connectivity index (χ0v) is 19.6. The number of hydrogen-bond donors (Lipinski definition) is 1. The first-order chi connectivity index (χ1) is 16.6. The number of nitrogens with one attached hydrogen (secondary N) is 1. The molecule has 0 spiro atoms. The highest BCUT2D eigenvalue weighted by atomic mass is 32.2. The standard InChI is InChI=1S/C23H22N6O4S/c1-31-16-7-5-15(6-8-16)29-19(14-34-23-24-11-4-12-25-23)21(27-28-29)22(30)26-18-13-17(32-2)9-10-20(18)33-3/h4-13H,14H2,1-3H3,(H,26,30). The maximum atomic E-state index is 13.3. The molecule has 0 aliphatic rings. The van der Waals surface area contributed by atoms with Crippen LogP contribution >= 0.6 is 11.8 Å². The van der Waals surface area contributed by atoms with Gasteiger partial charge in [0.05, 0.1) is 38.4 Å². The summed E-state index contributed by atoms with van der Waals surface area (Å²) in [6.45, 7) is 0. The number of benzene rings is 2. The smallest absolute Gasteiger partial charge is 0.278 e. The number of ether oxygens (including phenoxy) is 3. The summed E-state index contributed by atoms with van der Waals surface area (Å²) in [7, 11) is 4.68. The maximum absolute atomic E-state index is 13.3. The molecular formula is C23H22N6O4S. The summed E-state index contributed by atoms with van der Waals surface area (Å²) in [5.74, 6) is 1.71. The number of amides is 1. The predicted molar refractivity (Wildman–Crippen MR) is 127 cm³/mol. The van der Waals surface area contributed by atoms with E-state index >= 15 is 0 Å². The minimum absolute atomic E-state index is 0.170. The van der Waals surface area contributed by atoms with Gasteiger partial charge < -0.3 is 19.5 Å². The first-order valence-electron chi connectivity index (χ1n) is 10.1. The molecular weight excluding hydrogens is 456 g/mol. The van der Waals surface area contributed by atoms with Crippen molar-refractivity contribution in [2.45, 2.75) is 10.9 Å². The third kappa shape index (κ3) is 5.09. The molecule has 0 saturated heterocycles. The Morgan fingerprint density at radius 3 is 2.35 bits per heavy atom. The van der Waals surface area contributed by atoms with E-state index in [0.29, 0.717) is 39.5 Å². The van der Waals surface area contributed by atoms with Gasteiger partial charge >= 0.3 is 0 Å². The van der Waals surface area contributed by atoms with Gasteiger partial charge in [-0.1, -0.05) is 17.0 Å². The lowest BCUT2D eigenvalue weighted by atomic mass is 10.2. The van der Waals surface area contributed by atoms with Crippen LogP contribution in [-0.4, -0.2) is 52.2 Å². The molecule has 0 unspecified atom stereocenters. The first-order valence-corrected chi connectivity index (χ1v) is 11.1. The molecule has 0 aliphatic carbocycles. The molecule has 4 aromatic rings. The zero-order chi connectivity index (χ0) is 23.9. The summed E-state index contributed by atoms with van der Waals surface area (Å²) in [5, 5.41) is 11.9. The molecule has 1 amide bonds. The van der Waals surface area contributed by atoms with Crippen molar-refractivity contribution < 1.29 is 19.0 Å². The van der Waals surface area contributed by atoms with Crippen LogP contribution in [0.3, 0.4) is 0 Å². The highest BCUT2D eigenvalue weighted by Gasteiger charge is 2.22. The van der Waals surface area contributed by atoms with Gasteiger partial charge in [-0.2, -0.15) is 0 Å². The molecule has 2 heterocycles. The molecule has 0 aliphatic heterocycles. The summed E-state index contributed by atoms with van der Waals surface area (Å²) in [5.41, 5.74) is 1.94. The van der Waals surface area contributed by atoms with Crippen molar-refractivity contribution in [2.75, 3.05) is 26.6 Å². The summed E-state index contributed by atoms with van der Waals surface area (Å²) in [6, 6.07) is 14.2. The lowest BCUT2D eigenvalue weighted by Crippen LogP contribution is -2.16. The lowest BCUT2D eigenvalue weighted by molar-refractivity contribution is 0.102. The fourth-order valence-electron chi connectivity index (χ4n) is 3.12. The minimum Gasteiger partial charge on any atom is -0.497 e. The Hall–Kier alpha value is -4.12. The Balaban J connectivity index is 1.68. The van der Waals surface area contributed by atoms with Gasteiger partial charge in [0.1, 0.15) is 17.2 Å². The lowest BCUT2D eigenvalue weighted by Gasteiger charge is -2.12. The van der Waals surface area contributed by atoms with Crippen molar-refractivity contribution in [3.63, 3.8) is 0 Å². The van der Waals surface area contributed by atoms with Crippen LogP contribution < -0.4 is 19.5 Å². The number of carbonyl (C=O) groups excluding carboxylic acids is 1. The number of anilines is 1. The fourth-order valence-corrected chi connectivity index (χ4v) is 3.92. The number of carbonyl (C=O) groups is 1. The fraction of sp³-hybridized carbons (Fsp3) is 0.174. The van der Waals surface area contributed by atoms with Gasteiger partial charge in [0.15, 0.2) is 10.9 Å².